The second-order valence-electron chi connectivity index (χ2n) is 5.17. The molecule has 0 bridgehead atoms. The van der Waals surface area contributed by atoms with Crippen LogP contribution in [-0.2, 0) is 0 Å². The van der Waals surface area contributed by atoms with Crippen molar-refractivity contribution in [3.05, 3.63) is 69.5 Å². The Morgan fingerprint density at radius 2 is 2.00 bits per heavy atom. The van der Waals surface area contributed by atoms with Gasteiger partial charge in [0.2, 0.25) is 5.28 Å². The van der Waals surface area contributed by atoms with Crippen molar-refractivity contribution in [3.8, 4) is 0 Å². The fraction of sp³-hybridized carbons (Fsp3) is 0. The number of para-hydroxylation sites is 1. The van der Waals surface area contributed by atoms with E-state index in [-0.39, 0.29) is 16.9 Å². The van der Waals surface area contributed by atoms with E-state index in [1.807, 2.05) is 24.3 Å². The number of nitrogens with zero attached hydrogens (tertiary/aromatic N) is 6. The molecule has 0 amide bonds. The summed E-state index contributed by atoms with van der Waals surface area (Å²) in [5.41, 5.74) is 1.81. The van der Waals surface area contributed by atoms with Gasteiger partial charge in [-0.25, -0.2) is 14.4 Å². The van der Waals surface area contributed by atoms with E-state index in [0.717, 1.165) is 5.39 Å². The van der Waals surface area contributed by atoms with E-state index in [0.29, 0.717) is 16.7 Å². The van der Waals surface area contributed by atoms with Crippen molar-refractivity contribution >= 4 is 46.0 Å². The maximum absolute atomic E-state index is 10.8. The Kier molecular flexibility index (Phi) is 3.58. The highest BCUT2D eigenvalue weighted by Gasteiger charge is 2.13. The quantitative estimate of drug-likeness (QED) is 0.243. The number of hydrogen-bond donors (Lipinski definition) is 0. The van der Waals surface area contributed by atoms with Crippen molar-refractivity contribution in [1.82, 2.24) is 19.6 Å². The first kappa shape index (κ1) is 15.2. The fourth-order valence-electron chi connectivity index (χ4n) is 2.46. The topological polar surface area (TPSA) is 98.6 Å². The minimum absolute atomic E-state index is 0.0132. The maximum Gasteiger partial charge on any atom is 0.270 e. The van der Waals surface area contributed by atoms with Crippen LogP contribution in [0.3, 0.4) is 0 Å². The molecule has 0 N–H and O–H groups in total. The molecule has 0 unspecified atom stereocenters. The Morgan fingerprint density at radius 1 is 1.16 bits per heavy atom. The molecule has 0 aliphatic carbocycles. The van der Waals surface area contributed by atoms with Crippen LogP contribution in [0, 0.1) is 10.1 Å². The minimum Gasteiger partial charge on any atom is -0.258 e. The molecule has 2 heterocycles. The lowest BCUT2D eigenvalue weighted by Gasteiger charge is -2.02. The van der Waals surface area contributed by atoms with Gasteiger partial charge < -0.3 is 0 Å². The van der Waals surface area contributed by atoms with E-state index < -0.39 is 4.92 Å². The first-order valence-electron chi connectivity index (χ1n) is 7.21. The zero-order valence-electron chi connectivity index (χ0n) is 12.6. The van der Waals surface area contributed by atoms with Gasteiger partial charge in [-0.05, 0) is 29.3 Å². The molecule has 0 saturated heterocycles. The number of halogens is 1. The highest BCUT2D eigenvalue weighted by molar-refractivity contribution is 6.29. The molecule has 8 nitrogen and oxygen atoms in total. The Balaban J connectivity index is 1.81. The van der Waals surface area contributed by atoms with Crippen molar-refractivity contribution in [1.29, 1.82) is 0 Å². The maximum atomic E-state index is 10.8. The van der Waals surface area contributed by atoms with E-state index >= 15 is 0 Å². The van der Waals surface area contributed by atoms with Crippen LogP contribution < -0.4 is 0 Å². The second kappa shape index (κ2) is 5.91. The second-order valence-corrected chi connectivity index (χ2v) is 5.51. The van der Waals surface area contributed by atoms with Gasteiger partial charge in [0.1, 0.15) is 0 Å². The van der Waals surface area contributed by atoms with Crippen LogP contribution in [-0.4, -0.2) is 30.7 Å². The Morgan fingerprint density at radius 3 is 2.84 bits per heavy atom. The van der Waals surface area contributed by atoms with Gasteiger partial charge >= 0.3 is 0 Å². The number of hydrogen-bond acceptors (Lipinski definition) is 6. The van der Waals surface area contributed by atoms with Gasteiger partial charge in [0.15, 0.2) is 5.65 Å². The summed E-state index contributed by atoms with van der Waals surface area (Å²) < 4.78 is 1.53. The molecule has 122 valence electrons. The van der Waals surface area contributed by atoms with Crippen molar-refractivity contribution in [2.75, 3.05) is 0 Å². The van der Waals surface area contributed by atoms with Gasteiger partial charge in [0, 0.05) is 23.7 Å². The number of aliphatic imine (C=N–C) groups is 1. The van der Waals surface area contributed by atoms with Crippen molar-refractivity contribution < 1.29 is 4.92 Å². The predicted octanol–water partition coefficient (Wildman–Crippen LogP) is 3.59. The molecule has 0 saturated carbocycles. The third kappa shape index (κ3) is 2.68. The van der Waals surface area contributed by atoms with Crippen molar-refractivity contribution in [3.63, 3.8) is 0 Å². The van der Waals surface area contributed by atoms with E-state index in [1.165, 1.54) is 22.7 Å². The molecule has 0 aliphatic rings. The largest absolute Gasteiger partial charge is 0.270 e. The van der Waals surface area contributed by atoms with Gasteiger partial charge in [-0.3, -0.25) is 10.1 Å². The average Bonchev–Trinajstić information content (AvgIpc) is 3.05. The summed E-state index contributed by atoms with van der Waals surface area (Å²) >= 11 is 6.24. The Hall–Kier alpha value is -3.39. The highest BCUT2D eigenvalue weighted by Crippen LogP contribution is 2.24. The lowest BCUT2D eigenvalue weighted by Crippen LogP contribution is -1.93. The van der Waals surface area contributed by atoms with Crippen molar-refractivity contribution in [2.45, 2.75) is 0 Å². The van der Waals surface area contributed by atoms with Crippen LogP contribution in [0.1, 0.15) is 5.56 Å². The summed E-state index contributed by atoms with van der Waals surface area (Å²) in [6, 6.07) is 13.6. The molecular weight excluding hydrogens is 344 g/mol. The lowest BCUT2D eigenvalue weighted by atomic mass is 10.2. The molecule has 2 aromatic heterocycles. The summed E-state index contributed by atoms with van der Waals surface area (Å²) in [4.78, 5) is 18.9. The zero-order valence-corrected chi connectivity index (χ0v) is 13.3. The Labute approximate surface area is 145 Å². The van der Waals surface area contributed by atoms with E-state index in [4.69, 9.17) is 11.6 Å². The summed E-state index contributed by atoms with van der Waals surface area (Å²) in [5, 5.41) is 20.0. The molecule has 0 radical (unpaired) electrons. The van der Waals surface area contributed by atoms with Gasteiger partial charge in [-0.15, -0.1) is 10.2 Å². The molecule has 4 rings (SSSR count). The molecule has 2 aromatic carbocycles. The van der Waals surface area contributed by atoms with Crippen LogP contribution in [0.15, 0.2) is 53.5 Å². The highest BCUT2D eigenvalue weighted by atomic mass is 35.5. The summed E-state index contributed by atoms with van der Waals surface area (Å²) in [6.45, 7) is 0. The normalized spacial score (nSPS) is 11.6. The first-order valence-corrected chi connectivity index (χ1v) is 7.59. The smallest absolute Gasteiger partial charge is 0.258 e. The van der Waals surface area contributed by atoms with E-state index in [2.05, 4.69) is 20.2 Å². The van der Waals surface area contributed by atoms with E-state index in [9.17, 15) is 10.1 Å². The number of non-ortho nitro benzene ring substituents is 1. The minimum atomic E-state index is -0.462. The first-order chi connectivity index (χ1) is 12.1. The molecule has 9 heteroatoms. The number of nitro benzene ring substituents is 1. The average molecular weight is 353 g/mol. The Bertz CT molecular complexity index is 1150. The van der Waals surface area contributed by atoms with Crippen LogP contribution in [0.25, 0.3) is 16.6 Å². The monoisotopic (exact) mass is 352 g/mol. The molecule has 0 aliphatic heterocycles. The van der Waals surface area contributed by atoms with Crippen LogP contribution in [0.2, 0.25) is 5.28 Å². The number of rotatable bonds is 3. The van der Waals surface area contributed by atoms with Crippen molar-refractivity contribution in [2.24, 2.45) is 4.99 Å². The summed E-state index contributed by atoms with van der Waals surface area (Å²) in [6.07, 6.45) is 1.47. The number of nitro groups is 1. The molecule has 0 atom stereocenters. The standard InChI is InChI=1S/C16H9ClN6O2/c17-15-19-13-7-2-1-6-12(13)14-20-21-16(22(14)15)18-9-10-4-3-5-11(8-10)23(24)25/h1-9H. The molecular formula is C16H9ClN6O2. The predicted molar refractivity (Wildman–Crippen MR) is 93.6 cm³/mol. The summed E-state index contributed by atoms with van der Waals surface area (Å²) in [7, 11) is 0. The molecule has 0 fully saturated rings. The number of aromatic nitrogens is 4. The molecule has 25 heavy (non-hydrogen) atoms. The van der Waals surface area contributed by atoms with Gasteiger partial charge in [-0.1, -0.05) is 24.3 Å². The third-order valence-corrected chi connectivity index (χ3v) is 3.85. The molecule has 4 aromatic rings. The van der Waals surface area contributed by atoms with Gasteiger partial charge in [0.25, 0.3) is 11.6 Å². The van der Waals surface area contributed by atoms with Crippen LogP contribution in [0.4, 0.5) is 11.6 Å². The number of benzene rings is 2. The molecule has 0 spiro atoms. The van der Waals surface area contributed by atoms with Crippen LogP contribution in [0.5, 0.6) is 0 Å². The zero-order chi connectivity index (χ0) is 17.4. The number of fused-ring (bicyclic) bond motifs is 3. The fourth-order valence-corrected chi connectivity index (χ4v) is 2.71. The van der Waals surface area contributed by atoms with Gasteiger partial charge in [-0.2, -0.15) is 0 Å². The SMILES string of the molecule is O=[N+]([O-])c1cccc(C=Nc2nnc3c4ccccc4nc(Cl)n23)c1. The van der Waals surface area contributed by atoms with E-state index in [1.54, 1.807) is 12.1 Å². The third-order valence-electron chi connectivity index (χ3n) is 3.60. The summed E-state index contributed by atoms with van der Waals surface area (Å²) in [5.74, 6) is 0.241. The van der Waals surface area contributed by atoms with Gasteiger partial charge in [0.05, 0.1) is 10.4 Å². The lowest BCUT2D eigenvalue weighted by molar-refractivity contribution is -0.384. The van der Waals surface area contributed by atoms with Crippen LogP contribution >= 0.6 is 11.6 Å².